The van der Waals surface area contributed by atoms with E-state index in [1.54, 1.807) is 48.5 Å². The lowest BCUT2D eigenvalue weighted by Gasteiger charge is -2.13. The predicted octanol–water partition coefficient (Wildman–Crippen LogP) is 5.24. The quantitative estimate of drug-likeness (QED) is 0.688. The summed E-state index contributed by atoms with van der Waals surface area (Å²) in [6.45, 7) is 0.647. The first-order chi connectivity index (χ1) is 9.88. The van der Waals surface area contributed by atoms with E-state index in [1.165, 1.54) is 0 Å². The molecule has 1 heterocycles. The number of nitrogens with zero attached hydrogens (tertiary/aromatic N) is 1. The first kappa shape index (κ1) is 16.8. The molecule has 1 N–H and O–H groups in total. The highest BCUT2D eigenvalue weighted by atomic mass is 79.9. The van der Waals surface area contributed by atoms with Gasteiger partial charge in [0, 0.05) is 35.6 Å². The van der Waals surface area contributed by atoms with Crippen molar-refractivity contribution in [3.05, 3.63) is 48.0 Å². The number of nitrogens with one attached hydrogen (secondary N) is 1. The van der Waals surface area contributed by atoms with Gasteiger partial charge in [-0.1, -0.05) is 11.6 Å². The van der Waals surface area contributed by atoms with Crippen LogP contribution in [0.15, 0.2) is 32.5 Å². The number of rotatable bonds is 4. The number of amides is 1. The van der Waals surface area contributed by atoms with Crippen molar-refractivity contribution in [2.75, 3.05) is 19.4 Å². The molecule has 1 amide bonds. The molecule has 1 aromatic heterocycles. The third-order valence-corrected chi connectivity index (χ3v) is 6.35. The summed E-state index contributed by atoms with van der Waals surface area (Å²) in [4.78, 5) is 14.7. The Balaban J connectivity index is 2.15. The second-order valence-electron chi connectivity index (χ2n) is 4.58. The Bertz CT molecular complexity index is 653. The van der Waals surface area contributed by atoms with Crippen LogP contribution >= 0.6 is 54.8 Å². The zero-order valence-electron chi connectivity index (χ0n) is 11.4. The molecule has 0 bridgehead atoms. The van der Waals surface area contributed by atoms with Crippen LogP contribution in [0.2, 0.25) is 5.02 Å². The lowest BCUT2D eigenvalue weighted by molar-refractivity contribution is 0.0827. The maximum Gasteiger partial charge on any atom is 0.253 e. The van der Waals surface area contributed by atoms with Gasteiger partial charge >= 0.3 is 0 Å². The second kappa shape index (κ2) is 7.13. The van der Waals surface area contributed by atoms with Crippen molar-refractivity contribution in [1.29, 1.82) is 0 Å². The predicted molar refractivity (Wildman–Crippen MR) is 96.5 cm³/mol. The molecule has 0 saturated carbocycles. The number of benzene rings is 1. The van der Waals surface area contributed by atoms with Crippen LogP contribution in [-0.4, -0.2) is 24.9 Å². The lowest BCUT2D eigenvalue weighted by atomic mass is 10.2. The highest BCUT2D eigenvalue weighted by molar-refractivity contribution is 9.13. The van der Waals surface area contributed by atoms with Gasteiger partial charge < -0.3 is 10.2 Å². The summed E-state index contributed by atoms with van der Waals surface area (Å²) in [5.74, 6) is -0.0451. The SMILES string of the molecule is CN(C)C(=O)c1ccc(Cl)c(NCc2cc(Br)c(Br)s2)c1. The number of carbonyl (C=O) groups excluding carboxylic acids is 1. The Morgan fingerprint density at radius 1 is 1.33 bits per heavy atom. The molecule has 0 spiro atoms. The summed E-state index contributed by atoms with van der Waals surface area (Å²) in [5.41, 5.74) is 1.37. The topological polar surface area (TPSA) is 32.3 Å². The summed E-state index contributed by atoms with van der Waals surface area (Å²) in [6.07, 6.45) is 0. The fourth-order valence-electron chi connectivity index (χ4n) is 1.71. The number of hydrogen-bond donors (Lipinski definition) is 1. The minimum atomic E-state index is -0.0451. The molecule has 0 unspecified atom stereocenters. The highest BCUT2D eigenvalue weighted by Crippen LogP contribution is 2.33. The van der Waals surface area contributed by atoms with Gasteiger partial charge in [-0.3, -0.25) is 4.79 Å². The number of thiophene rings is 1. The van der Waals surface area contributed by atoms with Crippen molar-refractivity contribution >= 4 is 66.4 Å². The molecule has 0 aliphatic rings. The van der Waals surface area contributed by atoms with E-state index in [1.807, 2.05) is 6.07 Å². The molecule has 3 nitrogen and oxygen atoms in total. The summed E-state index contributed by atoms with van der Waals surface area (Å²) in [7, 11) is 3.45. The van der Waals surface area contributed by atoms with Crippen LogP contribution in [0.3, 0.4) is 0 Å². The van der Waals surface area contributed by atoms with Crippen LogP contribution in [0.4, 0.5) is 5.69 Å². The minimum Gasteiger partial charge on any atom is -0.379 e. The minimum absolute atomic E-state index is 0.0451. The van der Waals surface area contributed by atoms with E-state index in [-0.39, 0.29) is 5.91 Å². The first-order valence-corrected chi connectivity index (χ1v) is 8.85. The maximum absolute atomic E-state index is 12.0. The van der Waals surface area contributed by atoms with E-state index in [0.717, 1.165) is 18.8 Å². The number of anilines is 1. The van der Waals surface area contributed by atoms with Gasteiger partial charge in [0.15, 0.2) is 0 Å². The fourth-order valence-corrected chi connectivity index (χ4v) is 4.01. The average Bonchev–Trinajstić information content (AvgIpc) is 2.76. The van der Waals surface area contributed by atoms with Crippen LogP contribution < -0.4 is 5.32 Å². The Hall–Kier alpha value is -0.560. The molecule has 0 aliphatic carbocycles. The molecule has 0 atom stereocenters. The van der Waals surface area contributed by atoms with Crippen LogP contribution in [0, 0.1) is 0 Å². The van der Waals surface area contributed by atoms with Crippen molar-refractivity contribution in [3.8, 4) is 0 Å². The Kier molecular flexibility index (Phi) is 5.71. The second-order valence-corrected chi connectivity index (χ2v) is 8.30. The largest absolute Gasteiger partial charge is 0.379 e. The molecule has 0 aliphatic heterocycles. The van der Waals surface area contributed by atoms with Gasteiger partial charge in [0.05, 0.1) is 14.5 Å². The van der Waals surface area contributed by atoms with E-state index in [9.17, 15) is 4.79 Å². The van der Waals surface area contributed by atoms with Gasteiger partial charge in [-0.25, -0.2) is 0 Å². The molecular formula is C14H13Br2ClN2OS. The van der Waals surface area contributed by atoms with Gasteiger partial charge in [0.2, 0.25) is 0 Å². The monoisotopic (exact) mass is 450 g/mol. The third kappa shape index (κ3) is 4.22. The van der Waals surface area contributed by atoms with Crippen molar-refractivity contribution in [3.63, 3.8) is 0 Å². The fraction of sp³-hybridized carbons (Fsp3) is 0.214. The molecule has 2 rings (SSSR count). The van der Waals surface area contributed by atoms with Crippen LogP contribution in [-0.2, 0) is 6.54 Å². The summed E-state index contributed by atoms with van der Waals surface area (Å²) in [6, 6.07) is 7.29. The van der Waals surface area contributed by atoms with E-state index in [2.05, 4.69) is 37.2 Å². The van der Waals surface area contributed by atoms with Crippen LogP contribution in [0.1, 0.15) is 15.2 Å². The van der Waals surface area contributed by atoms with Gasteiger partial charge in [-0.2, -0.15) is 0 Å². The van der Waals surface area contributed by atoms with Crippen molar-refractivity contribution < 1.29 is 4.79 Å². The van der Waals surface area contributed by atoms with Gasteiger partial charge in [0.1, 0.15) is 0 Å². The Morgan fingerprint density at radius 2 is 2.05 bits per heavy atom. The molecular weight excluding hydrogens is 439 g/mol. The zero-order chi connectivity index (χ0) is 15.6. The third-order valence-electron chi connectivity index (χ3n) is 2.77. The van der Waals surface area contributed by atoms with E-state index < -0.39 is 0 Å². The smallest absolute Gasteiger partial charge is 0.253 e. The molecule has 1 aromatic carbocycles. The summed E-state index contributed by atoms with van der Waals surface area (Å²) in [5, 5.41) is 3.87. The first-order valence-electron chi connectivity index (χ1n) is 6.07. The molecule has 0 radical (unpaired) electrons. The molecule has 112 valence electrons. The molecule has 7 heteroatoms. The lowest BCUT2D eigenvalue weighted by Crippen LogP contribution is -2.21. The standard InChI is InChI=1S/C14H13Br2ClN2OS/c1-19(2)14(20)8-3-4-11(17)12(5-8)18-7-9-6-10(15)13(16)21-9/h3-6,18H,7H2,1-2H3. The Morgan fingerprint density at radius 3 is 2.62 bits per heavy atom. The van der Waals surface area contributed by atoms with Crippen molar-refractivity contribution in [2.24, 2.45) is 0 Å². The van der Waals surface area contributed by atoms with Crippen LogP contribution in [0.25, 0.3) is 0 Å². The molecule has 21 heavy (non-hydrogen) atoms. The average molecular weight is 453 g/mol. The number of hydrogen-bond acceptors (Lipinski definition) is 3. The van der Waals surface area contributed by atoms with Gasteiger partial charge in [0.25, 0.3) is 5.91 Å². The summed E-state index contributed by atoms with van der Waals surface area (Å²) >= 11 is 14.8. The van der Waals surface area contributed by atoms with Gasteiger partial charge in [-0.15, -0.1) is 11.3 Å². The van der Waals surface area contributed by atoms with E-state index in [4.69, 9.17) is 11.6 Å². The molecule has 0 fully saturated rings. The number of carbonyl (C=O) groups is 1. The van der Waals surface area contributed by atoms with E-state index >= 15 is 0 Å². The summed E-state index contributed by atoms with van der Waals surface area (Å²) < 4.78 is 2.09. The molecule has 2 aromatic rings. The van der Waals surface area contributed by atoms with Gasteiger partial charge in [-0.05, 0) is 56.1 Å². The number of halogens is 3. The molecule has 0 saturated heterocycles. The Labute approximate surface area is 149 Å². The zero-order valence-corrected chi connectivity index (χ0v) is 16.2. The van der Waals surface area contributed by atoms with Crippen molar-refractivity contribution in [2.45, 2.75) is 6.54 Å². The highest BCUT2D eigenvalue weighted by Gasteiger charge is 2.11. The normalized spacial score (nSPS) is 10.5. The van der Waals surface area contributed by atoms with E-state index in [0.29, 0.717) is 17.1 Å². The maximum atomic E-state index is 12.0. The van der Waals surface area contributed by atoms with Crippen LogP contribution in [0.5, 0.6) is 0 Å². The van der Waals surface area contributed by atoms with Crippen molar-refractivity contribution in [1.82, 2.24) is 4.90 Å².